The van der Waals surface area contributed by atoms with Crippen LogP contribution in [0.4, 0.5) is 10.1 Å². The van der Waals surface area contributed by atoms with Crippen molar-refractivity contribution >= 4 is 34.8 Å². The molecule has 2 aromatic carbocycles. The first-order valence-electron chi connectivity index (χ1n) is 10.5. The summed E-state index contributed by atoms with van der Waals surface area (Å²) in [5.41, 5.74) is 2.12. The van der Waals surface area contributed by atoms with Gasteiger partial charge in [0.1, 0.15) is 5.82 Å². The standard InChI is InChI=1S/C23H26Cl2FN3O/c24-21-8-3-17(14-22(21)25)15-27-9-1-2-18(16-27)23(30)29-12-10-28(11-13-29)20-6-4-19(26)5-7-20/h3-8,14,18H,1-2,9-13,15-16H2. The maximum atomic E-state index is 13.1. The molecule has 7 heteroatoms. The van der Waals surface area contributed by atoms with E-state index >= 15 is 0 Å². The topological polar surface area (TPSA) is 26.8 Å². The lowest BCUT2D eigenvalue weighted by Crippen LogP contribution is -2.52. The highest BCUT2D eigenvalue weighted by Crippen LogP contribution is 2.26. The van der Waals surface area contributed by atoms with Gasteiger partial charge in [0.25, 0.3) is 0 Å². The molecule has 0 N–H and O–H groups in total. The van der Waals surface area contributed by atoms with Crippen molar-refractivity contribution in [1.82, 2.24) is 9.80 Å². The first-order chi connectivity index (χ1) is 14.5. The lowest BCUT2D eigenvalue weighted by Gasteiger charge is -2.39. The third kappa shape index (κ3) is 5.08. The number of amides is 1. The Morgan fingerprint density at radius 2 is 1.70 bits per heavy atom. The predicted molar refractivity (Wildman–Crippen MR) is 120 cm³/mol. The molecule has 30 heavy (non-hydrogen) atoms. The molecule has 2 saturated heterocycles. The van der Waals surface area contributed by atoms with Crippen molar-refractivity contribution in [2.75, 3.05) is 44.2 Å². The van der Waals surface area contributed by atoms with E-state index in [0.29, 0.717) is 23.1 Å². The monoisotopic (exact) mass is 449 g/mol. The molecule has 4 rings (SSSR count). The van der Waals surface area contributed by atoms with Gasteiger partial charge < -0.3 is 9.80 Å². The van der Waals surface area contributed by atoms with Crippen LogP contribution in [0.5, 0.6) is 0 Å². The molecular formula is C23H26Cl2FN3O. The second-order valence-electron chi connectivity index (χ2n) is 8.11. The Kier molecular flexibility index (Phi) is 6.81. The zero-order chi connectivity index (χ0) is 21.1. The van der Waals surface area contributed by atoms with Gasteiger partial charge >= 0.3 is 0 Å². The van der Waals surface area contributed by atoms with E-state index in [2.05, 4.69) is 9.80 Å². The van der Waals surface area contributed by atoms with Crippen LogP contribution in [0.15, 0.2) is 42.5 Å². The molecule has 2 aliphatic heterocycles. The minimum absolute atomic E-state index is 0.0406. The van der Waals surface area contributed by atoms with Crippen LogP contribution in [0.3, 0.4) is 0 Å². The normalized spacial score (nSPS) is 20.4. The van der Waals surface area contributed by atoms with Gasteiger partial charge in [0.2, 0.25) is 5.91 Å². The predicted octanol–water partition coefficient (Wildman–Crippen LogP) is 4.69. The Bertz CT molecular complexity index is 885. The Balaban J connectivity index is 1.31. The minimum atomic E-state index is -0.227. The van der Waals surface area contributed by atoms with Crippen molar-refractivity contribution in [2.24, 2.45) is 5.92 Å². The zero-order valence-corrected chi connectivity index (χ0v) is 18.4. The van der Waals surface area contributed by atoms with Crippen molar-refractivity contribution < 1.29 is 9.18 Å². The summed E-state index contributed by atoms with van der Waals surface area (Å²) >= 11 is 12.2. The van der Waals surface area contributed by atoms with Gasteiger partial charge in [-0.2, -0.15) is 0 Å². The summed E-state index contributed by atoms with van der Waals surface area (Å²) in [4.78, 5) is 19.7. The van der Waals surface area contributed by atoms with Crippen LogP contribution in [-0.2, 0) is 11.3 Å². The zero-order valence-electron chi connectivity index (χ0n) is 16.9. The van der Waals surface area contributed by atoms with Gasteiger partial charge in [-0.15, -0.1) is 0 Å². The van der Waals surface area contributed by atoms with Gasteiger partial charge in [0.15, 0.2) is 0 Å². The Morgan fingerprint density at radius 3 is 2.40 bits per heavy atom. The number of benzene rings is 2. The third-order valence-electron chi connectivity index (χ3n) is 6.03. The molecule has 2 fully saturated rings. The van der Waals surface area contributed by atoms with E-state index < -0.39 is 0 Å². The first kappa shape index (κ1) is 21.4. The highest BCUT2D eigenvalue weighted by atomic mass is 35.5. The van der Waals surface area contributed by atoms with Crippen LogP contribution in [0.1, 0.15) is 18.4 Å². The van der Waals surface area contributed by atoms with Gasteiger partial charge in [0, 0.05) is 45.0 Å². The second-order valence-corrected chi connectivity index (χ2v) is 8.93. The molecule has 1 amide bonds. The number of hydrogen-bond donors (Lipinski definition) is 0. The molecule has 0 aliphatic carbocycles. The average molecular weight is 450 g/mol. The summed E-state index contributed by atoms with van der Waals surface area (Å²) in [7, 11) is 0. The molecule has 0 radical (unpaired) electrons. The molecule has 4 nitrogen and oxygen atoms in total. The number of nitrogens with zero attached hydrogens (tertiary/aromatic N) is 3. The Morgan fingerprint density at radius 1 is 0.967 bits per heavy atom. The van der Waals surface area contributed by atoms with Crippen molar-refractivity contribution in [3.05, 3.63) is 63.9 Å². The van der Waals surface area contributed by atoms with E-state index in [1.54, 1.807) is 12.1 Å². The van der Waals surface area contributed by atoms with Gasteiger partial charge in [-0.1, -0.05) is 29.3 Å². The molecule has 1 atom stereocenters. The number of piperazine rings is 1. The van der Waals surface area contributed by atoms with Crippen molar-refractivity contribution in [3.8, 4) is 0 Å². The smallest absolute Gasteiger partial charge is 0.227 e. The van der Waals surface area contributed by atoms with E-state index in [4.69, 9.17) is 23.2 Å². The molecule has 2 aromatic rings. The summed E-state index contributed by atoms with van der Waals surface area (Å²) < 4.78 is 13.1. The maximum absolute atomic E-state index is 13.1. The van der Waals surface area contributed by atoms with E-state index in [1.807, 2.05) is 23.1 Å². The molecule has 2 aliphatic rings. The van der Waals surface area contributed by atoms with Crippen molar-refractivity contribution in [1.29, 1.82) is 0 Å². The number of carbonyl (C=O) groups excluding carboxylic acids is 1. The molecule has 0 spiro atoms. The van der Waals surface area contributed by atoms with Crippen LogP contribution < -0.4 is 4.90 Å². The number of carbonyl (C=O) groups is 1. The maximum Gasteiger partial charge on any atom is 0.227 e. The van der Waals surface area contributed by atoms with Crippen LogP contribution in [0, 0.1) is 11.7 Å². The van der Waals surface area contributed by atoms with Crippen molar-refractivity contribution in [2.45, 2.75) is 19.4 Å². The summed E-state index contributed by atoms with van der Waals surface area (Å²) in [5.74, 6) is 0.0711. The summed E-state index contributed by atoms with van der Waals surface area (Å²) in [6.45, 7) is 5.51. The molecule has 0 aromatic heterocycles. The number of hydrogen-bond acceptors (Lipinski definition) is 3. The van der Waals surface area contributed by atoms with Crippen LogP contribution >= 0.6 is 23.2 Å². The Labute approximate surface area is 187 Å². The number of anilines is 1. The number of piperidine rings is 1. The molecule has 0 bridgehead atoms. The molecule has 0 saturated carbocycles. The van der Waals surface area contributed by atoms with Crippen LogP contribution in [0.2, 0.25) is 10.0 Å². The van der Waals surface area contributed by atoms with Crippen LogP contribution in [0.25, 0.3) is 0 Å². The van der Waals surface area contributed by atoms with E-state index in [9.17, 15) is 9.18 Å². The minimum Gasteiger partial charge on any atom is -0.368 e. The lowest BCUT2D eigenvalue weighted by molar-refractivity contribution is -0.137. The number of likely N-dealkylation sites (tertiary alicyclic amines) is 1. The number of halogens is 3. The molecular weight excluding hydrogens is 424 g/mol. The first-order valence-corrected chi connectivity index (χ1v) is 11.2. The fourth-order valence-electron chi connectivity index (χ4n) is 4.39. The fourth-order valence-corrected chi connectivity index (χ4v) is 4.71. The van der Waals surface area contributed by atoms with Gasteiger partial charge in [0.05, 0.1) is 16.0 Å². The van der Waals surface area contributed by atoms with Crippen molar-refractivity contribution in [3.63, 3.8) is 0 Å². The quantitative estimate of drug-likeness (QED) is 0.676. The van der Waals surface area contributed by atoms with E-state index in [-0.39, 0.29) is 17.6 Å². The van der Waals surface area contributed by atoms with Gasteiger partial charge in [-0.05, 0) is 61.3 Å². The SMILES string of the molecule is O=C(C1CCCN(Cc2ccc(Cl)c(Cl)c2)C1)N1CCN(c2ccc(F)cc2)CC1. The number of rotatable bonds is 4. The van der Waals surface area contributed by atoms with Gasteiger partial charge in [-0.3, -0.25) is 9.69 Å². The highest BCUT2D eigenvalue weighted by Gasteiger charge is 2.31. The average Bonchev–Trinajstić information content (AvgIpc) is 2.77. The summed E-state index contributed by atoms with van der Waals surface area (Å²) in [6, 6.07) is 12.3. The van der Waals surface area contributed by atoms with E-state index in [0.717, 1.165) is 56.8 Å². The molecule has 1 unspecified atom stereocenters. The summed E-state index contributed by atoms with van der Waals surface area (Å²) in [6.07, 6.45) is 1.96. The lowest BCUT2D eigenvalue weighted by atomic mass is 9.95. The highest BCUT2D eigenvalue weighted by molar-refractivity contribution is 6.42. The third-order valence-corrected chi connectivity index (χ3v) is 6.77. The molecule has 2 heterocycles. The molecule has 160 valence electrons. The fraction of sp³-hybridized carbons (Fsp3) is 0.435. The van der Waals surface area contributed by atoms with E-state index in [1.165, 1.54) is 12.1 Å². The Hall–Kier alpha value is -1.82. The largest absolute Gasteiger partial charge is 0.368 e. The van der Waals surface area contributed by atoms with Gasteiger partial charge in [-0.25, -0.2) is 4.39 Å². The second kappa shape index (κ2) is 9.54. The van der Waals surface area contributed by atoms with Crippen LogP contribution in [-0.4, -0.2) is 55.0 Å². The summed E-state index contributed by atoms with van der Waals surface area (Å²) in [5, 5.41) is 1.13.